The molecule has 0 unspecified atom stereocenters. The van der Waals surface area contributed by atoms with Gasteiger partial charge in [-0.05, 0) is 11.8 Å². The Morgan fingerprint density at radius 3 is 2.93 bits per heavy atom. The van der Waals surface area contributed by atoms with Crippen LogP contribution in [0, 0.1) is 10.1 Å². The van der Waals surface area contributed by atoms with E-state index in [9.17, 15) is 14.9 Å². The molecule has 0 aliphatic carbocycles. The van der Waals surface area contributed by atoms with Gasteiger partial charge in [0.05, 0.1) is 16.8 Å². The molecule has 0 fully saturated rings. The van der Waals surface area contributed by atoms with E-state index in [1.165, 1.54) is 0 Å². The van der Waals surface area contributed by atoms with Crippen molar-refractivity contribution in [2.24, 2.45) is 0 Å². The smallest absolute Gasteiger partial charge is 0.465 e. The van der Waals surface area contributed by atoms with Crippen LogP contribution in [-0.4, -0.2) is 37.7 Å². The molecule has 0 bridgehead atoms. The van der Waals surface area contributed by atoms with Crippen LogP contribution in [0.15, 0.2) is 0 Å². The van der Waals surface area contributed by atoms with E-state index < -0.39 is 16.8 Å². The predicted molar refractivity (Wildman–Crippen MR) is 41.1 cm³/mol. The van der Waals surface area contributed by atoms with Crippen molar-refractivity contribution >= 4 is 11.9 Å². The van der Waals surface area contributed by atoms with Crippen molar-refractivity contribution in [2.75, 3.05) is 6.61 Å². The lowest BCUT2D eigenvalue weighted by Gasteiger charge is -1.96. The summed E-state index contributed by atoms with van der Waals surface area (Å²) < 4.78 is 4.58. The molecular weight excluding hydrogens is 194 g/mol. The van der Waals surface area contributed by atoms with Gasteiger partial charge in [-0.2, -0.15) is 0 Å². The molecule has 1 rings (SSSR count). The minimum Gasteiger partial charge on any atom is -0.465 e. The number of carbonyl (C=O) groups excluding carboxylic acids is 1. The molecule has 0 radical (unpaired) electrons. The van der Waals surface area contributed by atoms with Crippen molar-refractivity contribution in [1.29, 1.82) is 0 Å². The molecule has 0 spiro atoms. The number of nitro groups is 1. The molecule has 0 aromatic carbocycles. The molecule has 0 atom stereocenters. The van der Waals surface area contributed by atoms with Gasteiger partial charge in [-0.15, -0.1) is 0 Å². The highest BCUT2D eigenvalue weighted by molar-refractivity contribution is 5.68. The zero-order valence-corrected chi connectivity index (χ0v) is 7.28. The molecule has 0 amide bonds. The molecule has 0 saturated carbocycles. The summed E-state index contributed by atoms with van der Waals surface area (Å²) in [7, 11) is 0. The fourth-order valence-electron chi connectivity index (χ4n) is 0.697. The monoisotopic (exact) mass is 201 g/mol. The van der Waals surface area contributed by atoms with E-state index in [-0.39, 0.29) is 13.2 Å². The van der Waals surface area contributed by atoms with Gasteiger partial charge in [0.1, 0.15) is 0 Å². The van der Waals surface area contributed by atoms with E-state index in [2.05, 4.69) is 20.1 Å². The van der Waals surface area contributed by atoms with Gasteiger partial charge in [-0.25, -0.2) is 4.79 Å². The molecule has 0 N–H and O–H groups in total. The van der Waals surface area contributed by atoms with Gasteiger partial charge in [0.2, 0.25) is 0 Å². The average Bonchev–Trinajstić information content (AvgIpc) is 2.53. The summed E-state index contributed by atoms with van der Waals surface area (Å²) in [5.74, 6) is -1.21. The standard InChI is InChI=1S/C5H7N5O4/c1-2-14-4(11)3-9-7-5(6-8-9)10(12)13/h2-3H2,1H3. The summed E-state index contributed by atoms with van der Waals surface area (Å²) in [6.45, 7) is 1.60. The number of rotatable bonds is 4. The largest absolute Gasteiger partial charge is 0.514 e. The molecule has 9 heteroatoms. The Kier molecular flexibility index (Phi) is 3.05. The SMILES string of the molecule is CCOC(=O)Cn1nnc([N+](=O)[O-])n1. The number of hydrogen-bond donors (Lipinski definition) is 0. The lowest BCUT2D eigenvalue weighted by atomic mass is 10.7. The van der Waals surface area contributed by atoms with E-state index in [1.54, 1.807) is 6.92 Å². The fourth-order valence-corrected chi connectivity index (χ4v) is 0.697. The number of carbonyl (C=O) groups is 1. The molecule has 76 valence electrons. The second kappa shape index (κ2) is 4.25. The summed E-state index contributed by atoms with van der Waals surface area (Å²) in [5.41, 5.74) is 0. The van der Waals surface area contributed by atoms with Crippen LogP contribution in [0.1, 0.15) is 6.92 Å². The second-order valence-corrected chi connectivity index (χ2v) is 2.18. The number of hydrogen-bond acceptors (Lipinski definition) is 7. The van der Waals surface area contributed by atoms with Crippen molar-refractivity contribution in [1.82, 2.24) is 20.2 Å². The van der Waals surface area contributed by atoms with Crippen LogP contribution in [0.2, 0.25) is 0 Å². The third-order valence-electron chi connectivity index (χ3n) is 1.18. The van der Waals surface area contributed by atoms with Gasteiger partial charge in [0.25, 0.3) is 0 Å². The second-order valence-electron chi connectivity index (χ2n) is 2.18. The van der Waals surface area contributed by atoms with Crippen molar-refractivity contribution in [3.63, 3.8) is 0 Å². The van der Waals surface area contributed by atoms with E-state index in [1.807, 2.05) is 0 Å². The Morgan fingerprint density at radius 1 is 1.71 bits per heavy atom. The third-order valence-corrected chi connectivity index (χ3v) is 1.18. The lowest BCUT2D eigenvalue weighted by Crippen LogP contribution is -2.15. The summed E-state index contributed by atoms with van der Waals surface area (Å²) in [6.07, 6.45) is 0. The molecule has 0 aliphatic rings. The van der Waals surface area contributed by atoms with Crippen LogP contribution < -0.4 is 0 Å². The topological polar surface area (TPSA) is 113 Å². The molecule has 9 nitrogen and oxygen atoms in total. The summed E-state index contributed by atoms with van der Waals surface area (Å²) in [5, 5.41) is 19.9. The first-order valence-electron chi connectivity index (χ1n) is 3.71. The Balaban J connectivity index is 2.59. The van der Waals surface area contributed by atoms with E-state index in [0.717, 1.165) is 4.80 Å². The number of nitrogens with zero attached hydrogens (tertiary/aromatic N) is 5. The van der Waals surface area contributed by atoms with Gasteiger partial charge in [-0.3, -0.25) is 0 Å². The Bertz CT molecular complexity index is 348. The Labute approximate surface area is 77.8 Å². The highest BCUT2D eigenvalue weighted by atomic mass is 16.6. The minimum absolute atomic E-state index is 0.232. The minimum atomic E-state index is -0.797. The van der Waals surface area contributed by atoms with Crippen LogP contribution in [0.5, 0.6) is 0 Å². The summed E-state index contributed by atoms with van der Waals surface area (Å²) in [6, 6.07) is 0. The first kappa shape index (κ1) is 10.0. The van der Waals surface area contributed by atoms with Crippen LogP contribution >= 0.6 is 0 Å². The predicted octanol–water partition coefficient (Wildman–Crippen LogP) is -0.856. The van der Waals surface area contributed by atoms with Crippen LogP contribution in [0.3, 0.4) is 0 Å². The normalized spacial score (nSPS) is 9.79. The number of esters is 1. The Hall–Kier alpha value is -2.06. The molecule has 1 aromatic rings. The van der Waals surface area contributed by atoms with Gasteiger partial charge in [-0.1, -0.05) is 4.80 Å². The highest BCUT2D eigenvalue weighted by Crippen LogP contribution is 1.96. The fraction of sp³-hybridized carbons (Fsp3) is 0.600. The van der Waals surface area contributed by atoms with Crippen LogP contribution in [0.25, 0.3) is 0 Å². The summed E-state index contributed by atoms with van der Waals surface area (Å²) in [4.78, 5) is 21.0. The van der Waals surface area contributed by atoms with Crippen molar-refractivity contribution in [2.45, 2.75) is 13.5 Å². The molecular formula is C5H7N5O4. The zero-order chi connectivity index (χ0) is 10.6. The van der Waals surface area contributed by atoms with Crippen LogP contribution in [-0.2, 0) is 16.1 Å². The first-order chi connectivity index (χ1) is 6.63. The summed E-state index contributed by atoms with van der Waals surface area (Å²) >= 11 is 0. The van der Waals surface area contributed by atoms with Crippen LogP contribution in [0.4, 0.5) is 5.95 Å². The zero-order valence-electron chi connectivity index (χ0n) is 7.28. The Morgan fingerprint density at radius 2 is 2.43 bits per heavy atom. The van der Waals surface area contributed by atoms with Crippen molar-refractivity contribution < 1.29 is 14.5 Å². The van der Waals surface area contributed by atoms with E-state index >= 15 is 0 Å². The number of ether oxygens (including phenoxy) is 1. The third kappa shape index (κ3) is 2.47. The van der Waals surface area contributed by atoms with Gasteiger partial charge < -0.3 is 14.9 Å². The van der Waals surface area contributed by atoms with E-state index in [4.69, 9.17) is 0 Å². The quantitative estimate of drug-likeness (QED) is 0.354. The average molecular weight is 201 g/mol. The maximum Gasteiger partial charge on any atom is 0.514 e. The molecule has 1 heterocycles. The van der Waals surface area contributed by atoms with Crippen molar-refractivity contribution in [3.05, 3.63) is 10.1 Å². The van der Waals surface area contributed by atoms with Gasteiger partial charge in [0.15, 0.2) is 6.54 Å². The van der Waals surface area contributed by atoms with Crippen molar-refractivity contribution in [3.8, 4) is 0 Å². The maximum absolute atomic E-state index is 10.9. The van der Waals surface area contributed by atoms with E-state index in [0.29, 0.717) is 0 Å². The molecule has 14 heavy (non-hydrogen) atoms. The maximum atomic E-state index is 10.9. The van der Waals surface area contributed by atoms with Gasteiger partial charge >= 0.3 is 11.9 Å². The number of aromatic nitrogens is 4. The molecule has 0 aliphatic heterocycles. The first-order valence-corrected chi connectivity index (χ1v) is 3.71. The highest BCUT2D eigenvalue weighted by Gasteiger charge is 2.17. The molecule has 1 aromatic heterocycles. The number of tetrazole rings is 1. The lowest BCUT2D eigenvalue weighted by molar-refractivity contribution is -0.394. The molecule has 0 saturated heterocycles. The van der Waals surface area contributed by atoms with Gasteiger partial charge in [0, 0.05) is 5.21 Å².